The van der Waals surface area contributed by atoms with Crippen molar-refractivity contribution in [2.75, 3.05) is 6.61 Å². The van der Waals surface area contributed by atoms with Crippen molar-refractivity contribution in [3.8, 4) is 0 Å². The predicted molar refractivity (Wildman–Crippen MR) is 43.7 cm³/mol. The summed E-state index contributed by atoms with van der Waals surface area (Å²) in [4.78, 5) is 10.4. The van der Waals surface area contributed by atoms with E-state index in [1.807, 2.05) is 0 Å². The summed E-state index contributed by atoms with van der Waals surface area (Å²) in [5.74, 6) is -1.93. The molecule has 0 heterocycles. The molecule has 0 saturated heterocycles. The van der Waals surface area contributed by atoms with Gasteiger partial charge in [-0.1, -0.05) is 19.6 Å². The zero-order valence-electron chi connectivity index (χ0n) is 6.91. The number of aliphatic hydroxyl groups excluding tert-OH is 1. The van der Waals surface area contributed by atoms with E-state index in [-0.39, 0.29) is 18.8 Å². The zero-order chi connectivity index (χ0) is 9.56. The number of aliphatic carboxylic acids is 1. The molecule has 0 fully saturated rings. The van der Waals surface area contributed by atoms with Crippen LogP contribution in [0.1, 0.15) is 13.3 Å². The SMILES string of the molecule is C=CCO/C(C(=O)O)=C(\O)CC. The molecule has 0 amide bonds. The molecule has 12 heavy (non-hydrogen) atoms. The molecule has 0 aromatic heterocycles. The molecule has 4 nitrogen and oxygen atoms in total. The number of carboxylic acid groups (broad SMARTS) is 1. The summed E-state index contributed by atoms with van der Waals surface area (Å²) in [5.41, 5.74) is 0. The van der Waals surface area contributed by atoms with E-state index >= 15 is 0 Å². The minimum Gasteiger partial charge on any atom is -0.508 e. The summed E-state index contributed by atoms with van der Waals surface area (Å²) in [5, 5.41) is 17.6. The van der Waals surface area contributed by atoms with E-state index in [2.05, 4.69) is 6.58 Å². The molecule has 68 valence electrons. The molecule has 0 atom stereocenters. The number of ether oxygens (including phenoxy) is 1. The van der Waals surface area contributed by atoms with Crippen LogP contribution in [0.25, 0.3) is 0 Å². The Bertz CT molecular complexity index is 205. The molecular weight excluding hydrogens is 160 g/mol. The third-order valence-corrected chi connectivity index (χ3v) is 1.14. The summed E-state index contributed by atoms with van der Waals surface area (Å²) in [6.45, 7) is 5.06. The van der Waals surface area contributed by atoms with Gasteiger partial charge in [-0.05, 0) is 0 Å². The largest absolute Gasteiger partial charge is 0.508 e. The molecule has 0 aromatic carbocycles. The fourth-order valence-corrected chi connectivity index (χ4v) is 0.571. The Kier molecular flexibility index (Phi) is 4.60. The molecule has 0 aliphatic rings. The van der Waals surface area contributed by atoms with Gasteiger partial charge in [-0.2, -0.15) is 0 Å². The van der Waals surface area contributed by atoms with Crippen LogP contribution in [0.15, 0.2) is 24.2 Å². The van der Waals surface area contributed by atoms with E-state index in [1.54, 1.807) is 6.92 Å². The zero-order valence-corrected chi connectivity index (χ0v) is 6.91. The van der Waals surface area contributed by atoms with E-state index in [0.717, 1.165) is 0 Å². The molecule has 0 spiro atoms. The van der Waals surface area contributed by atoms with Crippen LogP contribution in [0.2, 0.25) is 0 Å². The summed E-state index contributed by atoms with van der Waals surface area (Å²) < 4.78 is 4.72. The molecule has 2 N–H and O–H groups in total. The molecule has 0 bridgehead atoms. The topological polar surface area (TPSA) is 66.8 Å². The molecule has 0 aliphatic heterocycles. The maximum absolute atomic E-state index is 10.4. The fraction of sp³-hybridized carbons (Fsp3) is 0.375. The summed E-state index contributed by atoms with van der Waals surface area (Å²) in [7, 11) is 0. The van der Waals surface area contributed by atoms with Crippen molar-refractivity contribution in [1.82, 2.24) is 0 Å². The van der Waals surface area contributed by atoms with E-state index < -0.39 is 11.7 Å². The number of carbonyl (C=O) groups is 1. The first kappa shape index (κ1) is 10.6. The Morgan fingerprint density at radius 2 is 2.17 bits per heavy atom. The highest BCUT2D eigenvalue weighted by atomic mass is 16.5. The van der Waals surface area contributed by atoms with Gasteiger partial charge in [-0.3, -0.25) is 0 Å². The summed E-state index contributed by atoms with van der Waals surface area (Å²) >= 11 is 0. The fourth-order valence-electron chi connectivity index (χ4n) is 0.571. The van der Waals surface area contributed by atoms with Gasteiger partial charge >= 0.3 is 5.97 Å². The number of allylic oxidation sites excluding steroid dienone is 1. The van der Waals surface area contributed by atoms with Crippen LogP contribution in [0, 0.1) is 0 Å². The molecule has 0 radical (unpaired) electrons. The second-order valence-corrected chi connectivity index (χ2v) is 2.03. The quantitative estimate of drug-likeness (QED) is 0.374. The van der Waals surface area contributed by atoms with Crippen molar-refractivity contribution in [2.45, 2.75) is 13.3 Å². The first-order chi connectivity index (χ1) is 5.63. The monoisotopic (exact) mass is 172 g/mol. The average molecular weight is 172 g/mol. The smallest absolute Gasteiger partial charge is 0.374 e. The first-order valence-electron chi connectivity index (χ1n) is 3.52. The van der Waals surface area contributed by atoms with Crippen LogP contribution in [-0.4, -0.2) is 22.8 Å². The highest BCUT2D eigenvalue weighted by molar-refractivity contribution is 5.84. The van der Waals surface area contributed by atoms with Gasteiger partial charge in [0.25, 0.3) is 0 Å². The maximum Gasteiger partial charge on any atom is 0.374 e. The maximum atomic E-state index is 10.4. The minimum absolute atomic E-state index is 0.0751. The molecule has 0 rings (SSSR count). The van der Waals surface area contributed by atoms with Crippen molar-refractivity contribution in [2.24, 2.45) is 0 Å². The summed E-state index contributed by atoms with van der Waals surface area (Å²) in [6, 6.07) is 0. The van der Waals surface area contributed by atoms with Crippen molar-refractivity contribution in [1.29, 1.82) is 0 Å². The Morgan fingerprint density at radius 3 is 2.50 bits per heavy atom. The number of rotatable bonds is 5. The summed E-state index contributed by atoms with van der Waals surface area (Å²) in [6.07, 6.45) is 1.64. The lowest BCUT2D eigenvalue weighted by Crippen LogP contribution is -2.08. The lowest BCUT2D eigenvalue weighted by Gasteiger charge is -2.05. The van der Waals surface area contributed by atoms with Gasteiger partial charge in [0.2, 0.25) is 5.76 Å². The van der Waals surface area contributed by atoms with Crippen LogP contribution in [0.5, 0.6) is 0 Å². The van der Waals surface area contributed by atoms with E-state index in [0.29, 0.717) is 0 Å². The minimum atomic E-state index is -1.27. The number of aliphatic hydroxyl groups is 1. The van der Waals surface area contributed by atoms with Gasteiger partial charge in [0, 0.05) is 6.42 Å². The number of carboxylic acids is 1. The highest BCUT2D eigenvalue weighted by Gasteiger charge is 2.13. The lowest BCUT2D eigenvalue weighted by atomic mass is 10.3. The molecule has 0 aliphatic carbocycles. The molecule has 4 heteroatoms. The van der Waals surface area contributed by atoms with Crippen molar-refractivity contribution in [3.63, 3.8) is 0 Å². The van der Waals surface area contributed by atoms with Gasteiger partial charge < -0.3 is 14.9 Å². The third kappa shape index (κ3) is 3.09. The second-order valence-electron chi connectivity index (χ2n) is 2.03. The van der Waals surface area contributed by atoms with Crippen molar-refractivity contribution < 1.29 is 19.7 Å². The van der Waals surface area contributed by atoms with Crippen LogP contribution >= 0.6 is 0 Å². The average Bonchev–Trinajstić information content (AvgIpc) is 2.04. The Balaban J connectivity index is 4.42. The predicted octanol–water partition coefficient (Wildman–Crippen LogP) is 1.45. The van der Waals surface area contributed by atoms with E-state index in [1.165, 1.54) is 6.08 Å². The van der Waals surface area contributed by atoms with Crippen LogP contribution in [-0.2, 0) is 9.53 Å². The Morgan fingerprint density at radius 1 is 1.58 bits per heavy atom. The lowest BCUT2D eigenvalue weighted by molar-refractivity contribution is -0.136. The van der Waals surface area contributed by atoms with E-state index in [4.69, 9.17) is 14.9 Å². The van der Waals surface area contributed by atoms with Gasteiger partial charge in [0.15, 0.2) is 0 Å². The van der Waals surface area contributed by atoms with E-state index in [9.17, 15) is 4.79 Å². The number of hydrogen-bond donors (Lipinski definition) is 2. The van der Waals surface area contributed by atoms with Crippen molar-refractivity contribution in [3.05, 3.63) is 24.2 Å². The normalized spacial score (nSPS) is 11.8. The standard InChI is InChI=1S/C8H12O4/c1-3-5-12-7(8(10)11)6(9)4-2/h3,9H,1,4-5H2,2H3,(H,10,11)/b7-6-. The third-order valence-electron chi connectivity index (χ3n) is 1.14. The van der Waals surface area contributed by atoms with Crippen LogP contribution < -0.4 is 0 Å². The molecule has 0 aromatic rings. The first-order valence-corrected chi connectivity index (χ1v) is 3.52. The van der Waals surface area contributed by atoms with Crippen LogP contribution in [0.4, 0.5) is 0 Å². The van der Waals surface area contributed by atoms with Gasteiger partial charge in [-0.25, -0.2) is 4.79 Å². The molecule has 0 unspecified atom stereocenters. The van der Waals surface area contributed by atoms with Gasteiger partial charge in [0.1, 0.15) is 12.4 Å². The molecular formula is C8H12O4. The van der Waals surface area contributed by atoms with Crippen molar-refractivity contribution >= 4 is 5.97 Å². The second kappa shape index (κ2) is 5.23. The van der Waals surface area contributed by atoms with Gasteiger partial charge in [-0.15, -0.1) is 0 Å². The Hall–Kier alpha value is -1.45. The highest BCUT2D eigenvalue weighted by Crippen LogP contribution is 2.07. The van der Waals surface area contributed by atoms with Crippen LogP contribution in [0.3, 0.4) is 0 Å². The van der Waals surface area contributed by atoms with Gasteiger partial charge in [0.05, 0.1) is 0 Å². The number of hydrogen-bond acceptors (Lipinski definition) is 3. The Labute approximate surface area is 70.8 Å². The molecule has 0 saturated carbocycles.